The van der Waals surface area contributed by atoms with Gasteiger partial charge in [0.1, 0.15) is 0 Å². The van der Waals surface area contributed by atoms with Gasteiger partial charge >= 0.3 is 21.1 Å². The van der Waals surface area contributed by atoms with E-state index in [-0.39, 0.29) is 21.1 Å². The smallest absolute Gasteiger partial charge is 0.496 e. The topological polar surface area (TPSA) is 35.0 Å². The Morgan fingerprint density at radius 1 is 0.600 bits per heavy atom. The van der Waals surface area contributed by atoms with Crippen molar-refractivity contribution in [3.63, 3.8) is 0 Å². The molecule has 0 unspecified atom stereocenters. The van der Waals surface area contributed by atoms with Crippen LogP contribution in [0.15, 0.2) is 134 Å². The number of rotatable bonds is 4. The Balaban J connectivity index is 0.00000300. The van der Waals surface area contributed by atoms with Crippen molar-refractivity contribution in [1.82, 2.24) is 9.97 Å². The summed E-state index contributed by atoms with van der Waals surface area (Å²) in [7, 11) is 0. The van der Waals surface area contributed by atoms with Crippen LogP contribution in [-0.4, -0.2) is 9.97 Å². The number of hydrogen-bond acceptors (Lipinski definition) is 4. The van der Waals surface area contributed by atoms with Gasteiger partial charge in [-0.1, -0.05) is 103 Å². The molecule has 45 heavy (non-hydrogen) atoms. The molecule has 0 amide bonds. The van der Waals surface area contributed by atoms with E-state index < -0.39 is 0 Å². The number of fused-ring (bicyclic) bond motifs is 6. The van der Waals surface area contributed by atoms with Crippen molar-refractivity contribution in [2.45, 2.75) is 0 Å². The zero-order valence-electron chi connectivity index (χ0n) is 23.7. The third-order valence-corrected chi connectivity index (χ3v) is 9.23. The van der Waals surface area contributed by atoms with E-state index in [4.69, 9.17) is 9.72 Å². The van der Waals surface area contributed by atoms with Crippen molar-refractivity contribution in [1.29, 1.82) is 0 Å². The van der Waals surface area contributed by atoms with Crippen molar-refractivity contribution in [2.24, 2.45) is 0 Å². The van der Waals surface area contributed by atoms with Crippen LogP contribution in [0, 0.1) is 12.1 Å². The van der Waals surface area contributed by atoms with E-state index in [2.05, 4.69) is 102 Å². The molecule has 3 nitrogen and oxygen atoms in total. The quantitative estimate of drug-likeness (QED) is 0.167. The van der Waals surface area contributed by atoms with Crippen LogP contribution in [0.5, 0.6) is 11.5 Å². The Bertz CT molecular complexity index is 2340. The molecule has 214 valence electrons. The summed E-state index contributed by atoms with van der Waals surface area (Å²) >= 11 is 1.67. The maximum absolute atomic E-state index is 6.83. The van der Waals surface area contributed by atoms with Crippen molar-refractivity contribution in [2.75, 3.05) is 0 Å². The maximum Gasteiger partial charge on any atom is 2.00 e. The summed E-state index contributed by atoms with van der Waals surface area (Å²) in [5.74, 6) is 1.25. The van der Waals surface area contributed by atoms with Crippen LogP contribution in [-0.2, 0) is 21.1 Å². The van der Waals surface area contributed by atoms with Crippen molar-refractivity contribution in [3.05, 3.63) is 146 Å². The molecule has 5 heteroatoms. The van der Waals surface area contributed by atoms with Gasteiger partial charge in [0.25, 0.3) is 0 Å². The summed E-state index contributed by atoms with van der Waals surface area (Å²) in [6.45, 7) is 0. The Morgan fingerprint density at radius 3 is 2.16 bits per heavy atom. The number of thiazole rings is 1. The van der Waals surface area contributed by atoms with Crippen LogP contribution in [0.2, 0.25) is 0 Å². The van der Waals surface area contributed by atoms with Gasteiger partial charge in [-0.2, -0.15) is 11.3 Å². The van der Waals surface area contributed by atoms with Gasteiger partial charge in [0.15, 0.2) is 0 Å². The summed E-state index contributed by atoms with van der Waals surface area (Å²) in [6, 6.07) is 51.1. The largest absolute Gasteiger partial charge is 2.00 e. The van der Waals surface area contributed by atoms with E-state index in [1.807, 2.05) is 42.5 Å². The van der Waals surface area contributed by atoms with Crippen molar-refractivity contribution >= 4 is 32.3 Å². The van der Waals surface area contributed by atoms with Gasteiger partial charge in [-0.15, -0.1) is 35.4 Å². The fourth-order valence-electron chi connectivity index (χ4n) is 6.23. The summed E-state index contributed by atoms with van der Waals surface area (Å²) < 4.78 is 7.97. The van der Waals surface area contributed by atoms with Gasteiger partial charge in [0.05, 0.1) is 11.3 Å². The monoisotopic (exact) mass is 773 g/mol. The van der Waals surface area contributed by atoms with Gasteiger partial charge in [-0.3, -0.25) is 4.98 Å². The molecule has 0 spiro atoms. The second-order valence-corrected chi connectivity index (χ2v) is 11.8. The number of hydrogen-bond donors (Lipinski definition) is 0. The molecule has 0 atom stereocenters. The molecule has 1 aliphatic rings. The van der Waals surface area contributed by atoms with E-state index in [1.165, 1.54) is 21.9 Å². The molecule has 0 N–H and O–H groups in total. The third kappa shape index (κ3) is 4.69. The normalized spacial score (nSPS) is 11.4. The number of pyridine rings is 1. The fourth-order valence-corrected chi connectivity index (χ4v) is 7.17. The minimum Gasteiger partial charge on any atom is -0.496 e. The average Bonchev–Trinajstić information content (AvgIpc) is 3.48. The van der Waals surface area contributed by atoms with E-state index in [9.17, 15) is 0 Å². The fraction of sp³-hybridized carbons (Fsp3) is 0. The zero-order chi connectivity index (χ0) is 29.0. The molecule has 9 rings (SSSR count). The molecule has 8 aromatic rings. The Kier molecular flexibility index (Phi) is 6.90. The van der Waals surface area contributed by atoms with Gasteiger partial charge in [-0.25, -0.2) is 0 Å². The summed E-state index contributed by atoms with van der Waals surface area (Å²) in [5, 5.41) is 3.30. The molecule has 1 aliphatic carbocycles. The van der Waals surface area contributed by atoms with Gasteiger partial charge in [-0.05, 0) is 62.5 Å². The predicted octanol–water partition coefficient (Wildman–Crippen LogP) is 10.9. The van der Waals surface area contributed by atoms with Crippen LogP contribution in [0.1, 0.15) is 0 Å². The Hall–Kier alpha value is -4.89. The predicted molar refractivity (Wildman–Crippen MR) is 180 cm³/mol. The van der Waals surface area contributed by atoms with Crippen molar-refractivity contribution in [3.8, 4) is 66.7 Å². The molecule has 0 radical (unpaired) electrons. The summed E-state index contributed by atoms with van der Waals surface area (Å²) in [5.41, 5.74) is 10.4. The second kappa shape index (κ2) is 11.2. The van der Waals surface area contributed by atoms with Crippen LogP contribution >= 0.6 is 11.3 Å². The van der Waals surface area contributed by atoms with Crippen molar-refractivity contribution < 1.29 is 25.8 Å². The molecule has 0 aliphatic heterocycles. The molecule has 0 saturated heterocycles. The number of aromatic nitrogens is 2. The molecule has 0 saturated carbocycles. The Labute approximate surface area is 279 Å². The molecule has 0 fully saturated rings. The van der Waals surface area contributed by atoms with Crippen LogP contribution in [0.4, 0.5) is 0 Å². The molecule has 0 bridgehead atoms. The minimum atomic E-state index is 0. The zero-order valence-corrected chi connectivity index (χ0v) is 26.8. The molecule has 6 aromatic carbocycles. The first-order chi connectivity index (χ1) is 21.8. The van der Waals surface area contributed by atoms with Gasteiger partial charge in [0, 0.05) is 21.7 Å². The molecular formula is C40H22N2OPtS. The average molecular weight is 774 g/mol. The molecular weight excluding hydrogens is 752 g/mol. The first-order valence-electron chi connectivity index (χ1n) is 14.5. The van der Waals surface area contributed by atoms with E-state index in [1.54, 1.807) is 17.5 Å². The van der Waals surface area contributed by atoms with E-state index in [0.29, 0.717) is 11.5 Å². The van der Waals surface area contributed by atoms with Crippen LogP contribution in [0.25, 0.3) is 76.2 Å². The second-order valence-electron chi connectivity index (χ2n) is 10.8. The first-order valence-corrected chi connectivity index (χ1v) is 15.3. The maximum atomic E-state index is 6.83. The molecule has 2 heterocycles. The van der Waals surface area contributed by atoms with Crippen LogP contribution in [0.3, 0.4) is 0 Å². The van der Waals surface area contributed by atoms with E-state index >= 15 is 0 Å². The standard InChI is InChI=1S/C40H22N2OS.Pt/c1-2-15-30-29(14-1)31-16-8-10-25-11-9-17-32(38(25)31)39-33(30)23-27(40-42-35-19-3-4-20-37(35)44-40)24-36(39)43-28-13-7-12-26(22-28)34-18-5-6-21-41-34;/h1-21,23H;/q-2;+2. The summed E-state index contributed by atoms with van der Waals surface area (Å²) in [6.07, 6.45) is 1.79. The SMILES string of the molecule is [Pt+2].[c-]1c(Oc2[c-]c(-c3nc4ccccc4s3)cc3c2-c2cccc4cccc(c24)-c2ccccc2-3)cccc1-c1ccccn1. The first kappa shape index (κ1) is 27.6. The molecule has 2 aromatic heterocycles. The van der Waals surface area contributed by atoms with E-state index in [0.717, 1.165) is 54.3 Å². The number of para-hydroxylation sites is 1. The summed E-state index contributed by atoms with van der Waals surface area (Å²) in [4.78, 5) is 9.54. The third-order valence-electron chi connectivity index (χ3n) is 8.16. The number of ether oxygens (including phenoxy) is 1. The van der Waals surface area contributed by atoms with Gasteiger partial charge < -0.3 is 9.72 Å². The minimum absolute atomic E-state index is 0. The number of nitrogens with zero attached hydrogens (tertiary/aromatic N) is 2. The Morgan fingerprint density at radius 2 is 1.33 bits per heavy atom. The van der Waals surface area contributed by atoms with Crippen LogP contribution < -0.4 is 4.74 Å². The number of benzene rings is 6. The van der Waals surface area contributed by atoms with Gasteiger partial charge in [0.2, 0.25) is 0 Å².